The van der Waals surface area contributed by atoms with Crippen LogP contribution >= 0.6 is 22.9 Å². The summed E-state index contributed by atoms with van der Waals surface area (Å²) in [6.07, 6.45) is 0. The summed E-state index contributed by atoms with van der Waals surface area (Å²) in [5.41, 5.74) is 1.16. The number of rotatable bonds is 3. The molecule has 1 amide bonds. The maximum Gasteiger partial charge on any atom is 0.259 e. The second-order valence-corrected chi connectivity index (χ2v) is 5.87. The van der Waals surface area contributed by atoms with E-state index in [0.29, 0.717) is 23.6 Å². The molecular formula is C12H13ClN2O2S. The molecule has 0 aromatic carbocycles. The molecule has 96 valence electrons. The van der Waals surface area contributed by atoms with E-state index in [-0.39, 0.29) is 5.91 Å². The summed E-state index contributed by atoms with van der Waals surface area (Å²) in [5.74, 6) is 0.462. The summed E-state index contributed by atoms with van der Waals surface area (Å²) < 4.78 is 5.73. The fraction of sp³-hybridized carbons (Fsp3) is 0.333. The van der Waals surface area contributed by atoms with Gasteiger partial charge in [0.1, 0.15) is 11.3 Å². The first-order valence-electron chi connectivity index (χ1n) is 5.41. The molecule has 0 fully saturated rings. The van der Waals surface area contributed by atoms with Crippen LogP contribution in [0.3, 0.4) is 0 Å². The number of thiophene rings is 1. The third-order valence-electron chi connectivity index (χ3n) is 2.62. The van der Waals surface area contributed by atoms with Crippen molar-refractivity contribution in [3.63, 3.8) is 0 Å². The van der Waals surface area contributed by atoms with Gasteiger partial charge in [-0.15, -0.1) is 11.3 Å². The second-order valence-electron chi connectivity index (χ2n) is 4.07. The molecule has 0 aliphatic rings. The van der Waals surface area contributed by atoms with Crippen molar-refractivity contribution in [3.8, 4) is 0 Å². The summed E-state index contributed by atoms with van der Waals surface area (Å²) in [6.45, 7) is 4.03. The maximum atomic E-state index is 12.3. The van der Waals surface area contributed by atoms with E-state index in [4.69, 9.17) is 16.1 Å². The van der Waals surface area contributed by atoms with Crippen LogP contribution in [0.5, 0.6) is 0 Å². The van der Waals surface area contributed by atoms with Gasteiger partial charge in [-0.3, -0.25) is 4.79 Å². The van der Waals surface area contributed by atoms with E-state index >= 15 is 0 Å². The summed E-state index contributed by atoms with van der Waals surface area (Å²) in [5, 5.41) is 3.79. The average molecular weight is 285 g/mol. The molecule has 0 saturated heterocycles. The summed E-state index contributed by atoms with van der Waals surface area (Å²) in [4.78, 5) is 14.9. The van der Waals surface area contributed by atoms with Gasteiger partial charge >= 0.3 is 0 Å². The number of hydrogen-bond donors (Lipinski definition) is 0. The molecule has 4 nitrogen and oxygen atoms in total. The Kier molecular flexibility index (Phi) is 3.73. The highest BCUT2D eigenvalue weighted by Gasteiger charge is 2.21. The second kappa shape index (κ2) is 5.12. The Bertz CT molecular complexity index is 557. The van der Waals surface area contributed by atoms with Gasteiger partial charge in [0.15, 0.2) is 0 Å². The third kappa shape index (κ3) is 2.57. The fourth-order valence-corrected chi connectivity index (χ4v) is 2.86. The lowest BCUT2D eigenvalue weighted by Crippen LogP contribution is -2.26. The number of aromatic nitrogens is 1. The SMILES string of the molecule is Cc1noc(C)c1C(=O)N(C)Cc1ccc(Cl)s1. The highest BCUT2D eigenvalue weighted by molar-refractivity contribution is 7.16. The number of amides is 1. The molecule has 0 bridgehead atoms. The van der Waals surface area contributed by atoms with Crippen LogP contribution in [0, 0.1) is 13.8 Å². The van der Waals surface area contributed by atoms with Crippen molar-refractivity contribution in [2.75, 3.05) is 7.05 Å². The zero-order chi connectivity index (χ0) is 13.3. The topological polar surface area (TPSA) is 46.3 Å². The van der Waals surface area contributed by atoms with Gasteiger partial charge in [0, 0.05) is 11.9 Å². The van der Waals surface area contributed by atoms with Gasteiger partial charge in [-0.1, -0.05) is 16.8 Å². The van der Waals surface area contributed by atoms with E-state index in [2.05, 4.69) is 5.16 Å². The van der Waals surface area contributed by atoms with Crippen LogP contribution in [0.1, 0.15) is 26.7 Å². The fourth-order valence-electron chi connectivity index (χ4n) is 1.72. The number of halogens is 1. The quantitative estimate of drug-likeness (QED) is 0.869. The lowest BCUT2D eigenvalue weighted by Gasteiger charge is -2.15. The summed E-state index contributed by atoms with van der Waals surface area (Å²) in [6, 6.07) is 3.75. The van der Waals surface area contributed by atoms with Gasteiger partial charge in [0.25, 0.3) is 5.91 Å². The lowest BCUT2D eigenvalue weighted by molar-refractivity contribution is 0.0784. The van der Waals surface area contributed by atoms with E-state index in [1.54, 1.807) is 25.8 Å². The molecule has 0 N–H and O–H groups in total. The first-order chi connectivity index (χ1) is 8.49. The molecular weight excluding hydrogens is 272 g/mol. The average Bonchev–Trinajstić information content (AvgIpc) is 2.85. The molecule has 18 heavy (non-hydrogen) atoms. The zero-order valence-electron chi connectivity index (χ0n) is 10.4. The van der Waals surface area contributed by atoms with E-state index in [0.717, 1.165) is 9.21 Å². The molecule has 0 aliphatic carbocycles. The number of carbonyl (C=O) groups excluding carboxylic acids is 1. The predicted octanol–water partition coefficient (Wildman–Crippen LogP) is 3.28. The van der Waals surface area contributed by atoms with Crippen LogP contribution in [-0.2, 0) is 6.54 Å². The van der Waals surface area contributed by atoms with E-state index in [9.17, 15) is 4.79 Å². The largest absolute Gasteiger partial charge is 0.361 e. The number of carbonyl (C=O) groups is 1. The molecule has 0 aliphatic heterocycles. The first kappa shape index (κ1) is 13.1. The standard InChI is InChI=1S/C12H13ClN2O2S/c1-7-11(8(2)17-14-7)12(16)15(3)6-9-4-5-10(13)18-9/h4-5H,6H2,1-3H3. The third-order valence-corrected chi connectivity index (χ3v) is 3.83. The van der Waals surface area contributed by atoms with Crippen molar-refractivity contribution in [2.24, 2.45) is 0 Å². The van der Waals surface area contributed by atoms with E-state index in [1.165, 1.54) is 11.3 Å². The van der Waals surface area contributed by atoms with Gasteiger partial charge in [-0.05, 0) is 26.0 Å². The highest BCUT2D eigenvalue weighted by atomic mass is 35.5. The highest BCUT2D eigenvalue weighted by Crippen LogP contribution is 2.23. The van der Waals surface area contributed by atoms with Crippen molar-refractivity contribution in [1.29, 1.82) is 0 Å². The molecule has 0 spiro atoms. The van der Waals surface area contributed by atoms with E-state index < -0.39 is 0 Å². The first-order valence-corrected chi connectivity index (χ1v) is 6.61. The minimum Gasteiger partial charge on any atom is -0.361 e. The minimum absolute atomic E-state index is 0.0872. The Morgan fingerprint density at radius 1 is 1.50 bits per heavy atom. The normalized spacial score (nSPS) is 10.7. The van der Waals surface area contributed by atoms with Crippen molar-refractivity contribution in [3.05, 3.63) is 38.4 Å². The minimum atomic E-state index is -0.0872. The maximum absolute atomic E-state index is 12.3. The van der Waals surface area contributed by atoms with Crippen LogP contribution in [0.15, 0.2) is 16.7 Å². The Labute approximate surface area is 114 Å². The van der Waals surface area contributed by atoms with Crippen LogP contribution in [0.4, 0.5) is 0 Å². The molecule has 0 saturated carbocycles. The summed E-state index contributed by atoms with van der Waals surface area (Å²) in [7, 11) is 1.75. The Hall–Kier alpha value is -1.33. The van der Waals surface area contributed by atoms with Gasteiger partial charge in [0.05, 0.1) is 16.6 Å². The molecule has 2 heterocycles. The van der Waals surface area contributed by atoms with Crippen LogP contribution < -0.4 is 0 Å². The molecule has 0 radical (unpaired) electrons. The Morgan fingerprint density at radius 3 is 2.72 bits per heavy atom. The van der Waals surface area contributed by atoms with Crippen LogP contribution in [0.25, 0.3) is 0 Å². The smallest absolute Gasteiger partial charge is 0.259 e. The van der Waals surface area contributed by atoms with Crippen LogP contribution in [0.2, 0.25) is 4.34 Å². The predicted molar refractivity (Wildman–Crippen MR) is 71.1 cm³/mol. The number of nitrogens with zero attached hydrogens (tertiary/aromatic N) is 2. The van der Waals surface area contributed by atoms with Crippen molar-refractivity contribution in [2.45, 2.75) is 20.4 Å². The van der Waals surface area contributed by atoms with Crippen molar-refractivity contribution < 1.29 is 9.32 Å². The Balaban J connectivity index is 2.14. The summed E-state index contributed by atoms with van der Waals surface area (Å²) >= 11 is 7.34. The number of aryl methyl sites for hydroxylation is 2. The van der Waals surface area contributed by atoms with Gasteiger partial charge in [-0.25, -0.2) is 0 Å². The Morgan fingerprint density at radius 2 is 2.22 bits per heavy atom. The van der Waals surface area contributed by atoms with Crippen molar-refractivity contribution >= 4 is 28.8 Å². The van der Waals surface area contributed by atoms with Gasteiger partial charge in [-0.2, -0.15) is 0 Å². The van der Waals surface area contributed by atoms with Crippen LogP contribution in [-0.4, -0.2) is 23.0 Å². The molecule has 2 aromatic rings. The number of hydrogen-bond acceptors (Lipinski definition) is 4. The zero-order valence-corrected chi connectivity index (χ0v) is 11.9. The van der Waals surface area contributed by atoms with E-state index in [1.807, 2.05) is 12.1 Å². The van der Waals surface area contributed by atoms with Gasteiger partial charge < -0.3 is 9.42 Å². The monoisotopic (exact) mass is 284 g/mol. The molecule has 6 heteroatoms. The van der Waals surface area contributed by atoms with Crippen molar-refractivity contribution in [1.82, 2.24) is 10.1 Å². The molecule has 0 unspecified atom stereocenters. The molecule has 2 aromatic heterocycles. The molecule has 2 rings (SSSR count). The van der Waals surface area contributed by atoms with Gasteiger partial charge in [0.2, 0.25) is 0 Å². The lowest BCUT2D eigenvalue weighted by atomic mass is 10.2. The molecule has 0 atom stereocenters.